The fourth-order valence-electron chi connectivity index (χ4n) is 2.15. The van der Waals surface area contributed by atoms with Crippen LogP contribution in [0.1, 0.15) is 66.5 Å². The van der Waals surface area contributed by atoms with E-state index in [1.54, 1.807) is 13.0 Å². The average Bonchev–Trinajstić information content (AvgIpc) is 3.14. The second-order valence-electron chi connectivity index (χ2n) is 5.95. The quantitative estimate of drug-likeness (QED) is 0.717. The molecule has 0 aliphatic heterocycles. The molecule has 0 radical (unpaired) electrons. The van der Waals surface area contributed by atoms with Crippen molar-refractivity contribution >= 4 is 28.2 Å². The molecule has 7 nitrogen and oxygen atoms in total. The van der Waals surface area contributed by atoms with Gasteiger partial charge in [0.15, 0.2) is 5.82 Å². The molecule has 2 aromatic rings. The fraction of sp³-hybridized carbons (Fsp3) is 0.529. The molecule has 1 amide bonds. The molecule has 0 spiro atoms. The summed E-state index contributed by atoms with van der Waals surface area (Å²) in [5.74, 6) is 0.979. The molecule has 0 fully saturated rings. The number of ether oxygens (including phenoxy) is 1. The summed E-state index contributed by atoms with van der Waals surface area (Å²) in [6.45, 7) is 7.90. The molecule has 0 bridgehead atoms. The summed E-state index contributed by atoms with van der Waals surface area (Å²) >= 11 is 1.22. The van der Waals surface area contributed by atoms with E-state index in [9.17, 15) is 9.59 Å². The summed E-state index contributed by atoms with van der Waals surface area (Å²) in [5, 5.41) is 7.36. The molecule has 0 saturated heterocycles. The van der Waals surface area contributed by atoms with Gasteiger partial charge in [-0.3, -0.25) is 4.79 Å². The van der Waals surface area contributed by atoms with Gasteiger partial charge in [-0.25, -0.2) is 4.79 Å². The van der Waals surface area contributed by atoms with E-state index in [2.05, 4.69) is 15.5 Å². The van der Waals surface area contributed by atoms with Gasteiger partial charge in [-0.1, -0.05) is 19.0 Å². The van der Waals surface area contributed by atoms with Gasteiger partial charge >= 0.3 is 5.97 Å². The summed E-state index contributed by atoms with van der Waals surface area (Å²) < 4.78 is 10.1. The van der Waals surface area contributed by atoms with E-state index in [1.807, 2.05) is 20.8 Å². The number of hydrogen-bond donors (Lipinski definition) is 1. The monoisotopic (exact) mass is 365 g/mol. The van der Waals surface area contributed by atoms with Crippen molar-refractivity contribution < 1.29 is 18.8 Å². The van der Waals surface area contributed by atoms with Crippen molar-refractivity contribution in [2.45, 2.75) is 52.9 Å². The Kier molecular flexibility index (Phi) is 6.69. The molecule has 136 valence electrons. The van der Waals surface area contributed by atoms with Gasteiger partial charge in [-0.05, 0) is 31.9 Å². The maximum absolute atomic E-state index is 12.0. The average molecular weight is 365 g/mol. The van der Waals surface area contributed by atoms with Crippen LogP contribution in [-0.4, -0.2) is 28.6 Å². The van der Waals surface area contributed by atoms with Crippen LogP contribution >= 0.6 is 11.3 Å². The number of esters is 1. The summed E-state index contributed by atoms with van der Waals surface area (Å²) in [5.41, 5.74) is 0.797. The molecule has 2 rings (SSSR count). The molecule has 0 atom stereocenters. The molecule has 0 aliphatic rings. The third kappa shape index (κ3) is 5.38. The zero-order valence-corrected chi connectivity index (χ0v) is 15.7. The van der Waals surface area contributed by atoms with Crippen LogP contribution in [0.5, 0.6) is 0 Å². The fourth-order valence-corrected chi connectivity index (χ4v) is 3.13. The summed E-state index contributed by atoms with van der Waals surface area (Å²) in [6, 6.07) is 1.78. The molecule has 8 heteroatoms. The van der Waals surface area contributed by atoms with Crippen LogP contribution in [0.25, 0.3) is 0 Å². The number of aromatic nitrogens is 2. The summed E-state index contributed by atoms with van der Waals surface area (Å²) in [6.07, 6.45) is 1.51. The van der Waals surface area contributed by atoms with Gasteiger partial charge in [-0.15, -0.1) is 11.3 Å². The van der Waals surface area contributed by atoms with Crippen molar-refractivity contribution in [2.75, 3.05) is 11.9 Å². The first-order chi connectivity index (χ1) is 11.9. The Labute approximate surface area is 150 Å². The number of anilines is 1. The minimum atomic E-state index is -0.358. The van der Waals surface area contributed by atoms with Gasteiger partial charge in [0.05, 0.1) is 11.6 Å². The maximum Gasteiger partial charge on any atom is 0.348 e. The Bertz CT molecular complexity index is 736. The van der Waals surface area contributed by atoms with Crippen LogP contribution in [0.2, 0.25) is 0 Å². The number of thiophene rings is 1. The van der Waals surface area contributed by atoms with E-state index in [4.69, 9.17) is 9.26 Å². The van der Waals surface area contributed by atoms with Gasteiger partial charge in [0.2, 0.25) is 11.8 Å². The number of carbonyl (C=O) groups is 2. The van der Waals surface area contributed by atoms with E-state index in [0.717, 1.165) is 5.56 Å². The molecule has 2 aromatic heterocycles. The van der Waals surface area contributed by atoms with E-state index >= 15 is 0 Å². The Hall–Kier alpha value is -2.22. The smallest absolute Gasteiger partial charge is 0.348 e. The van der Waals surface area contributed by atoms with E-state index in [-0.39, 0.29) is 17.8 Å². The standard InChI is InChI=1S/C17H23N3O4S/c1-5-23-17(22)15-11(4)9-14(25-15)18-12(21)7-6-8-13-19-16(10(2)3)20-24-13/h9-10H,5-8H2,1-4H3,(H,18,21). The zero-order chi connectivity index (χ0) is 18.4. The van der Waals surface area contributed by atoms with E-state index in [0.29, 0.717) is 47.5 Å². The van der Waals surface area contributed by atoms with Gasteiger partial charge in [0.25, 0.3) is 0 Å². The van der Waals surface area contributed by atoms with Crippen LogP contribution in [-0.2, 0) is 16.0 Å². The first-order valence-electron chi connectivity index (χ1n) is 8.30. The molecular formula is C17H23N3O4S. The van der Waals surface area contributed by atoms with Gasteiger partial charge in [0.1, 0.15) is 4.88 Å². The highest BCUT2D eigenvalue weighted by molar-refractivity contribution is 7.18. The lowest BCUT2D eigenvalue weighted by Gasteiger charge is -2.01. The minimum absolute atomic E-state index is 0.111. The van der Waals surface area contributed by atoms with Crippen LogP contribution < -0.4 is 5.32 Å². The van der Waals surface area contributed by atoms with Crippen LogP contribution in [0, 0.1) is 6.92 Å². The number of aryl methyl sites for hydroxylation is 2. The predicted molar refractivity (Wildman–Crippen MR) is 95.0 cm³/mol. The number of nitrogens with one attached hydrogen (secondary N) is 1. The highest BCUT2D eigenvalue weighted by Crippen LogP contribution is 2.27. The largest absolute Gasteiger partial charge is 0.462 e. The molecule has 0 unspecified atom stereocenters. The first kappa shape index (κ1) is 19.1. The molecule has 25 heavy (non-hydrogen) atoms. The van der Waals surface area contributed by atoms with Crippen molar-refractivity contribution in [1.29, 1.82) is 0 Å². The van der Waals surface area contributed by atoms with Crippen molar-refractivity contribution in [2.24, 2.45) is 0 Å². The van der Waals surface area contributed by atoms with Crippen molar-refractivity contribution in [1.82, 2.24) is 10.1 Å². The number of amides is 1. The lowest BCUT2D eigenvalue weighted by molar-refractivity contribution is -0.116. The van der Waals surface area contributed by atoms with Crippen LogP contribution in [0.4, 0.5) is 5.00 Å². The van der Waals surface area contributed by atoms with Gasteiger partial charge in [-0.2, -0.15) is 4.98 Å². The molecule has 2 heterocycles. The SMILES string of the molecule is CCOC(=O)c1sc(NC(=O)CCCc2nc(C(C)C)no2)cc1C. The molecular weight excluding hydrogens is 342 g/mol. The number of rotatable bonds is 8. The maximum atomic E-state index is 12.0. The highest BCUT2D eigenvalue weighted by atomic mass is 32.1. The lowest BCUT2D eigenvalue weighted by atomic mass is 10.2. The molecule has 0 aromatic carbocycles. The van der Waals surface area contributed by atoms with E-state index < -0.39 is 0 Å². The molecule has 0 aliphatic carbocycles. The van der Waals surface area contributed by atoms with Gasteiger partial charge in [0, 0.05) is 18.8 Å². The number of carbonyl (C=O) groups excluding carboxylic acids is 2. The van der Waals surface area contributed by atoms with Crippen LogP contribution in [0.3, 0.4) is 0 Å². The minimum Gasteiger partial charge on any atom is -0.462 e. The number of hydrogen-bond acceptors (Lipinski definition) is 7. The highest BCUT2D eigenvalue weighted by Gasteiger charge is 2.16. The van der Waals surface area contributed by atoms with Crippen LogP contribution in [0.15, 0.2) is 10.6 Å². The Morgan fingerprint density at radius 2 is 2.16 bits per heavy atom. The molecule has 1 N–H and O–H groups in total. The lowest BCUT2D eigenvalue weighted by Crippen LogP contribution is -2.10. The topological polar surface area (TPSA) is 94.3 Å². The normalized spacial score (nSPS) is 10.9. The van der Waals surface area contributed by atoms with Crippen molar-refractivity contribution in [3.8, 4) is 0 Å². The predicted octanol–water partition coefficient (Wildman–Crippen LogP) is 3.70. The van der Waals surface area contributed by atoms with E-state index in [1.165, 1.54) is 11.3 Å². The Morgan fingerprint density at radius 3 is 2.80 bits per heavy atom. The second kappa shape index (κ2) is 8.75. The second-order valence-corrected chi connectivity index (χ2v) is 7.00. The Morgan fingerprint density at radius 1 is 1.40 bits per heavy atom. The summed E-state index contributed by atoms with van der Waals surface area (Å²) in [7, 11) is 0. The van der Waals surface area contributed by atoms with Crippen molar-refractivity contribution in [3.05, 3.63) is 28.2 Å². The summed E-state index contributed by atoms with van der Waals surface area (Å²) in [4.78, 5) is 28.6. The molecule has 0 saturated carbocycles. The third-order valence-electron chi connectivity index (χ3n) is 3.44. The first-order valence-corrected chi connectivity index (χ1v) is 9.12. The van der Waals surface area contributed by atoms with Crippen molar-refractivity contribution in [3.63, 3.8) is 0 Å². The van der Waals surface area contributed by atoms with Gasteiger partial charge < -0.3 is 14.6 Å². The number of nitrogens with zero attached hydrogens (tertiary/aromatic N) is 2. The zero-order valence-electron chi connectivity index (χ0n) is 14.9. The Balaban J connectivity index is 1.82. The third-order valence-corrected chi connectivity index (χ3v) is 4.57.